The lowest BCUT2D eigenvalue weighted by Gasteiger charge is -2.20. The number of carbonyl (C=O) groups is 1. The van der Waals surface area contributed by atoms with Gasteiger partial charge in [0.25, 0.3) is 0 Å². The largest absolute Gasteiger partial charge is 0.366 e. The third kappa shape index (κ3) is 8.05. The molecule has 0 bridgehead atoms. The zero-order valence-corrected chi connectivity index (χ0v) is 10.0. The summed E-state index contributed by atoms with van der Waals surface area (Å²) in [4.78, 5) is 11.3. The number of carbonyl (C=O) groups excluding carboxylic acids is 1. The van der Waals surface area contributed by atoms with Crippen molar-refractivity contribution in [3.63, 3.8) is 0 Å². The Morgan fingerprint density at radius 2 is 2.00 bits per heavy atom. The first-order valence-electron chi connectivity index (χ1n) is 5.28. The molecule has 3 nitrogen and oxygen atoms in total. The van der Waals surface area contributed by atoms with Crippen molar-refractivity contribution in [3.8, 4) is 0 Å². The van der Waals surface area contributed by atoms with Gasteiger partial charge in [-0.1, -0.05) is 13.3 Å². The van der Waals surface area contributed by atoms with E-state index in [4.69, 9.17) is 4.74 Å². The van der Waals surface area contributed by atoms with Gasteiger partial charge in [0.15, 0.2) is 0 Å². The minimum atomic E-state index is -0.245. The van der Waals surface area contributed by atoms with Crippen molar-refractivity contribution in [1.29, 1.82) is 0 Å². The highest BCUT2D eigenvalue weighted by Gasteiger charge is 2.13. The molecule has 0 saturated heterocycles. The van der Waals surface area contributed by atoms with E-state index in [2.05, 4.69) is 12.2 Å². The van der Waals surface area contributed by atoms with Crippen LogP contribution in [0.2, 0.25) is 0 Å². The van der Waals surface area contributed by atoms with Gasteiger partial charge in [0.1, 0.15) is 6.61 Å². The van der Waals surface area contributed by atoms with Crippen LogP contribution in [0.1, 0.15) is 47.5 Å². The topological polar surface area (TPSA) is 38.3 Å². The number of amides is 1. The summed E-state index contributed by atoms with van der Waals surface area (Å²) in [7, 11) is 0. The summed E-state index contributed by atoms with van der Waals surface area (Å²) in [6.45, 7) is 10.1. The molecule has 84 valence electrons. The normalized spacial score (nSPS) is 13.8. The maximum absolute atomic E-state index is 11.3. The molecule has 1 amide bonds. The van der Waals surface area contributed by atoms with Crippen LogP contribution < -0.4 is 5.32 Å². The van der Waals surface area contributed by atoms with Crippen molar-refractivity contribution in [2.24, 2.45) is 0 Å². The second kappa shape index (κ2) is 6.02. The third-order valence-electron chi connectivity index (χ3n) is 1.77. The summed E-state index contributed by atoms with van der Waals surface area (Å²) >= 11 is 0. The highest BCUT2D eigenvalue weighted by molar-refractivity contribution is 5.77. The molecule has 0 heterocycles. The Morgan fingerprint density at radius 1 is 1.43 bits per heavy atom. The van der Waals surface area contributed by atoms with Crippen LogP contribution in [0.25, 0.3) is 0 Å². The van der Waals surface area contributed by atoms with Gasteiger partial charge in [-0.2, -0.15) is 0 Å². The first-order valence-corrected chi connectivity index (χ1v) is 5.28. The lowest BCUT2D eigenvalue weighted by atomic mass is 10.2. The van der Waals surface area contributed by atoms with Crippen LogP contribution >= 0.6 is 0 Å². The molecule has 0 spiro atoms. The van der Waals surface area contributed by atoms with E-state index in [0.29, 0.717) is 0 Å². The Kier molecular flexibility index (Phi) is 5.77. The molecule has 0 aliphatic heterocycles. The maximum Gasteiger partial charge on any atom is 0.246 e. The minimum Gasteiger partial charge on any atom is -0.366 e. The van der Waals surface area contributed by atoms with E-state index in [1.807, 2.05) is 27.7 Å². The maximum atomic E-state index is 11.3. The second-order valence-electron chi connectivity index (χ2n) is 4.66. The van der Waals surface area contributed by atoms with Gasteiger partial charge < -0.3 is 10.1 Å². The van der Waals surface area contributed by atoms with Crippen LogP contribution in [0.15, 0.2) is 0 Å². The molecule has 0 aromatic rings. The summed E-state index contributed by atoms with van der Waals surface area (Å²) < 4.78 is 5.36. The van der Waals surface area contributed by atoms with Gasteiger partial charge in [0.2, 0.25) is 5.91 Å². The van der Waals surface area contributed by atoms with E-state index in [9.17, 15) is 4.79 Å². The van der Waals surface area contributed by atoms with E-state index in [-0.39, 0.29) is 24.2 Å². The molecule has 1 N–H and O–H groups in total. The van der Waals surface area contributed by atoms with Crippen molar-refractivity contribution >= 4 is 5.91 Å². The predicted molar refractivity (Wildman–Crippen MR) is 58.2 cm³/mol. The van der Waals surface area contributed by atoms with Crippen LogP contribution in [0.4, 0.5) is 0 Å². The predicted octanol–water partition coefficient (Wildman–Crippen LogP) is 2.11. The molecule has 0 aliphatic carbocycles. The van der Waals surface area contributed by atoms with E-state index >= 15 is 0 Å². The summed E-state index contributed by atoms with van der Waals surface area (Å²) in [6.07, 6.45) is 2.10. The van der Waals surface area contributed by atoms with Gasteiger partial charge in [-0.25, -0.2) is 0 Å². The van der Waals surface area contributed by atoms with Crippen LogP contribution in [0, 0.1) is 0 Å². The molecule has 1 atom stereocenters. The third-order valence-corrected chi connectivity index (χ3v) is 1.77. The number of rotatable bonds is 5. The summed E-state index contributed by atoms with van der Waals surface area (Å²) in [5.74, 6) is -0.0270. The van der Waals surface area contributed by atoms with Gasteiger partial charge >= 0.3 is 0 Å². The van der Waals surface area contributed by atoms with Crippen molar-refractivity contribution in [3.05, 3.63) is 0 Å². The van der Waals surface area contributed by atoms with Gasteiger partial charge in [-0.15, -0.1) is 0 Å². The Labute approximate surface area is 87.2 Å². The summed E-state index contributed by atoms with van der Waals surface area (Å²) in [6, 6.07) is 0.246. The standard InChI is InChI=1S/C11H23NO2/c1-6-7-9(2)12-10(13)8-14-11(3,4)5/h9H,6-8H2,1-5H3,(H,12,13). The summed E-state index contributed by atoms with van der Waals surface area (Å²) in [5, 5.41) is 2.89. The van der Waals surface area contributed by atoms with E-state index in [1.54, 1.807) is 0 Å². The Bertz CT molecular complexity index is 173. The number of hydrogen-bond donors (Lipinski definition) is 1. The first-order chi connectivity index (χ1) is 6.35. The average molecular weight is 201 g/mol. The zero-order valence-electron chi connectivity index (χ0n) is 10.0. The molecule has 0 rings (SSSR count). The Hall–Kier alpha value is -0.570. The van der Waals surface area contributed by atoms with Crippen molar-refractivity contribution in [2.75, 3.05) is 6.61 Å². The van der Waals surface area contributed by atoms with Gasteiger partial charge in [-0.05, 0) is 34.1 Å². The molecule has 0 aromatic carbocycles. The molecule has 1 unspecified atom stereocenters. The van der Waals surface area contributed by atoms with Crippen molar-refractivity contribution in [2.45, 2.75) is 59.1 Å². The Balaban J connectivity index is 3.65. The highest BCUT2D eigenvalue weighted by Crippen LogP contribution is 2.05. The van der Waals surface area contributed by atoms with E-state index in [1.165, 1.54) is 0 Å². The van der Waals surface area contributed by atoms with Crippen LogP contribution in [0.5, 0.6) is 0 Å². The molecule has 14 heavy (non-hydrogen) atoms. The smallest absolute Gasteiger partial charge is 0.246 e. The van der Waals surface area contributed by atoms with Gasteiger partial charge in [0.05, 0.1) is 5.60 Å². The molecular formula is C11H23NO2. The molecule has 3 heteroatoms. The van der Waals surface area contributed by atoms with Crippen molar-refractivity contribution in [1.82, 2.24) is 5.32 Å². The van der Waals surface area contributed by atoms with E-state index < -0.39 is 0 Å². The fraction of sp³-hybridized carbons (Fsp3) is 0.909. The fourth-order valence-electron chi connectivity index (χ4n) is 1.10. The van der Waals surface area contributed by atoms with Crippen LogP contribution in [0.3, 0.4) is 0 Å². The van der Waals surface area contributed by atoms with E-state index in [0.717, 1.165) is 12.8 Å². The first kappa shape index (κ1) is 13.4. The fourth-order valence-corrected chi connectivity index (χ4v) is 1.10. The second-order valence-corrected chi connectivity index (χ2v) is 4.66. The number of hydrogen-bond acceptors (Lipinski definition) is 2. The molecule has 0 saturated carbocycles. The monoisotopic (exact) mass is 201 g/mol. The number of nitrogens with one attached hydrogen (secondary N) is 1. The Morgan fingerprint density at radius 3 is 2.43 bits per heavy atom. The lowest BCUT2D eigenvalue weighted by molar-refractivity contribution is -0.131. The van der Waals surface area contributed by atoms with Gasteiger partial charge in [0, 0.05) is 6.04 Å². The quantitative estimate of drug-likeness (QED) is 0.739. The summed E-state index contributed by atoms with van der Waals surface area (Å²) in [5.41, 5.74) is -0.245. The van der Waals surface area contributed by atoms with Crippen LogP contribution in [-0.2, 0) is 9.53 Å². The lowest BCUT2D eigenvalue weighted by Crippen LogP contribution is -2.37. The molecular weight excluding hydrogens is 178 g/mol. The SMILES string of the molecule is CCCC(C)NC(=O)COC(C)(C)C. The average Bonchev–Trinajstić information content (AvgIpc) is 2.00. The van der Waals surface area contributed by atoms with Gasteiger partial charge in [-0.3, -0.25) is 4.79 Å². The zero-order chi connectivity index (χ0) is 11.2. The molecule has 0 fully saturated rings. The molecule has 0 aliphatic rings. The molecule has 0 radical (unpaired) electrons. The minimum absolute atomic E-state index is 0.0270. The van der Waals surface area contributed by atoms with Crippen molar-refractivity contribution < 1.29 is 9.53 Å². The number of ether oxygens (including phenoxy) is 1. The molecule has 0 aromatic heterocycles. The highest BCUT2D eigenvalue weighted by atomic mass is 16.5. The van der Waals surface area contributed by atoms with Crippen LogP contribution in [-0.4, -0.2) is 24.2 Å².